The Balaban J connectivity index is 1.81. The van der Waals surface area contributed by atoms with Gasteiger partial charge in [-0.2, -0.15) is 0 Å². The zero-order chi connectivity index (χ0) is 41.5. The van der Waals surface area contributed by atoms with Crippen LogP contribution in [0.25, 0.3) is 0 Å². The summed E-state index contributed by atoms with van der Waals surface area (Å²) in [5.41, 5.74) is -2.93. The summed E-state index contributed by atoms with van der Waals surface area (Å²) in [5.74, 6) is -3.17. The average Bonchev–Trinajstić information content (AvgIpc) is 3.73. The Morgan fingerprint density at radius 1 is 1.11 bits per heavy atom. The number of ketones is 2. The van der Waals surface area contributed by atoms with Gasteiger partial charge in [-0.3, -0.25) is 14.4 Å². The molecule has 0 spiro atoms. The number of Topliss-reactive ketones (excluding diaryl/α,β-unsaturated/α-hetero) is 2. The summed E-state index contributed by atoms with van der Waals surface area (Å²) in [6.45, 7) is 11.5. The number of terminal acetylenes is 1. The van der Waals surface area contributed by atoms with Gasteiger partial charge in [0.25, 0.3) is 0 Å². The standard InChI is InChI=1S/C42H55N3O11/c1-12-32-42(13-2,56-40(50)45-20-19-43-24-45)23-26(4)33(46)25(3)22-41(8,51-11)36(28(6)34(47)29(7)37(48)53-32)55-39-35(31(44(9)10)21-27(5)52-39)54-38(49)30-17-15-14-16-18-30/h2,14-20,23-25,27-29,31-32,35-36,39H,12,21-22H2,1,3-11H3/b26-23+/t25-,27-,28+,29-,31+,32-,35-,36-,39?,41+,42+/m1/s1. The number of hydrogen-bond donors (Lipinski definition) is 0. The molecule has 0 aliphatic carbocycles. The van der Waals surface area contributed by atoms with E-state index in [4.69, 9.17) is 34.8 Å². The zero-order valence-electron chi connectivity index (χ0n) is 33.9. The first-order valence-corrected chi connectivity index (χ1v) is 18.9. The number of likely N-dealkylation sites (N-methyl/N-ethyl adjacent to an activating group) is 1. The zero-order valence-corrected chi connectivity index (χ0v) is 33.9. The number of rotatable bonds is 8. The number of carbonyl (C=O) groups excluding carboxylic acids is 5. The summed E-state index contributed by atoms with van der Waals surface area (Å²) in [6, 6.07) is 8.20. The molecule has 14 heteroatoms. The largest absolute Gasteiger partial charge is 0.456 e. The minimum Gasteiger partial charge on any atom is -0.456 e. The first-order valence-electron chi connectivity index (χ1n) is 18.9. The first-order chi connectivity index (χ1) is 26.4. The van der Waals surface area contributed by atoms with Crippen molar-refractivity contribution in [2.45, 2.75) is 116 Å². The van der Waals surface area contributed by atoms with Crippen molar-refractivity contribution < 1.29 is 52.4 Å². The van der Waals surface area contributed by atoms with Crippen LogP contribution in [-0.2, 0) is 42.8 Å². The monoisotopic (exact) mass is 777 g/mol. The van der Waals surface area contributed by atoms with Crippen molar-refractivity contribution in [3.8, 4) is 12.3 Å². The second kappa shape index (κ2) is 18.5. The van der Waals surface area contributed by atoms with E-state index in [1.165, 1.54) is 45.8 Å². The quantitative estimate of drug-likeness (QED) is 0.152. The van der Waals surface area contributed by atoms with Crippen molar-refractivity contribution in [1.82, 2.24) is 14.5 Å². The molecule has 0 saturated carbocycles. The van der Waals surface area contributed by atoms with E-state index in [-0.39, 0.29) is 36.3 Å². The minimum atomic E-state index is -2.04. The van der Waals surface area contributed by atoms with Gasteiger partial charge < -0.3 is 33.3 Å². The number of ether oxygens (including phenoxy) is 6. The third-order valence-corrected chi connectivity index (χ3v) is 10.8. The van der Waals surface area contributed by atoms with Crippen LogP contribution in [0.4, 0.5) is 4.79 Å². The van der Waals surface area contributed by atoms with Crippen molar-refractivity contribution in [1.29, 1.82) is 0 Å². The van der Waals surface area contributed by atoms with Crippen LogP contribution in [0.2, 0.25) is 0 Å². The van der Waals surface area contributed by atoms with Gasteiger partial charge >= 0.3 is 18.0 Å². The van der Waals surface area contributed by atoms with E-state index in [2.05, 4.69) is 10.9 Å². The number of benzene rings is 1. The molecule has 2 aliphatic heterocycles. The van der Waals surface area contributed by atoms with Crippen molar-refractivity contribution in [2.75, 3.05) is 21.2 Å². The van der Waals surface area contributed by atoms with Gasteiger partial charge in [-0.15, -0.1) is 6.42 Å². The molecule has 1 fully saturated rings. The maximum Gasteiger partial charge on any atom is 0.421 e. The lowest BCUT2D eigenvalue weighted by atomic mass is 9.77. The van der Waals surface area contributed by atoms with E-state index in [1.807, 2.05) is 25.9 Å². The van der Waals surface area contributed by atoms with E-state index < -0.39 is 77.4 Å². The number of methoxy groups -OCH3 is 1. The van der Waals surface area contributed by atoms with Crippen molar-refractivity contribution in [3.63, 3.8) is 0 Å². The molecule has 1 aromatic heterocycles. The Labute approximate surface area is 329 Å². The molecular formula is C42H55N3O11. The SMILES string of the molecule is C#C[C@]1(OC(=O)n2ccnc2)/C=C(\C)C(=O)[C@H](C)C[C@](C)(OC)[C@H](OC2O[C@H](C)C[C@H](N(C)C)[C@H]2OC(=O)c2ccccc2)[C@@H](C)C(=O)[C@@H](C)C(=O)O[C@@H]1CC. The van der Waals surface area contributed by atoms with Crippen LogP contribution in [0.15, 0.2) is 60.7 Å². The van der Waals surface area contributed by atoms with E-state index in [0.717, 1.165) is 4.57 Å². The van der Waals surface area contributed by atoms with Crippen LogP contribution >= 0.6 is 0 Å². The van der Waals surface area contributed by atoms with E-state index >= 15 is 0 Å². The van der Waals surface area contributed by atoms with Gasteiger partial charge in [-0.05, 0) is 84.8 Å². The van der Waals surface area contributed by atoms with Crippen molar-refractivity contribution >= 4 is 29.6 Å². The molecule has 2 aliphatic rings. The van der Waals surface area contributed by atoms with E-state index in [1.54, 1.807) is 58.0 Å². The molecule has 1 aromatic carbocycles. The van der Waals surface area contributed by atoms with E-state index in [9.17, 15) is 24.0 Å². The second-order valence-electron chi connectivity index (χ2n) is 15.2. The summed E-state index contributed by atoms with van der Waals surface area (Å²) < 4.78 is 38.3. The topological polar surface area (TPSA) is 162 Å². The maximum atomic E-state index is 14.4. The van der Waals surface area contributed by atoms with Gasteiger partial charge in [0.05, 0.1) is 29.4 Å². The molecule has 56 heavy (non-hydrogen) atoms. The van der Waals surface area contributed by atoms with Gasteiger partial charge in [0.2, 0.25) is 5.60 Å². The number of cyclic esters (lactones) is 1. The highest BCUT2D eigenvalue weighted by Gasteiger charge is 2.51. The summed E-state index contributed by atoms with van der Waals surface area (Å²) >= 11 is 0. The predicted molar refractivity (Wildman–Crippen MR) is 204 cm³/mol. The van der Waals surface area contributed by atoms with Crippen LogP contribution < -0.4 is 0 Å². The molecule has 14 nitrogen and oxygen atoms in total. The Morgan fingerprint density at radius 3 is 2.36 bits per heavy atom. The fourth-order valence-electron chi connectivity index (χ4n) is 7.56. The fourth-order valence-corrected chi connectivity index (χ4v) is 7.56. The minimum absolute atomic E-state index is 0.0254. The maximum absolute atomic E-state index is 14.4. The Hall–Kier alpha value is -4.68. The lowest BCUT2D eigenvalue weighted by molar-refractivity contribution is -0.294. The highest BCUT2D eigenvalue weighted by atomic mass is 16.7. The molecular weight excluding hydrogens is 722 g/mol. The van der Waals surface area contributed by atoms with Crippen molar-refractivity contribution in [3.05, 3.63) is 66.3 Å². The number of allylic oxidation sites excluding steroid dienone is 1. The van der Waals surface area contributed by atoms with Crippen LogP contribution in [0.5, 0.6) is 0 Å². The predicted octanol–water partition coefficient (Wildman–Crippen LogP) is 5.04. The first kappa shape index (κ1) is 44.0. The lowest BCUT2D eigenvalue weighted by Crippen LogP contribution is -2.60. The Bertz CT molecular complexity index is 1790. The van der Waals surface area contributed by atoms with Gasteiger partial charge in [-0.25, -0.2) is 19.1 Å². The summed E-state index contributed by atoms with van der Waals surface area (Å²) in [6.07, 6.45) is 6.05. The number of aromatic nitrogens is 2. The van der Waals surface area contributed by atoms with Crippen LogP contribution in [-0.4, -0.2) is 113 Å². The van der Waals surface area contributed by atoms with Gasteiger partial charge in [0, 0.05) is 31.3 Å². The number of nitrogens with zero attached hydrogens (tertiary/aromatic N) is 3. The number of esters is 2. The third-order valence-electron chi connectivity index (χ3n) is 10.8. The van der Waals surface area contributed by atoms with E-state index in [0.29, 0.717) is 12.0 Å². The van der Waals surface area contributed by atoms with Gasteiger partial charge in [0.15, 0.2) is 30.1 Å². The number of imidazole rings is 1. The molecule has 4 rings (SSSR count). The molecule has 304 valence electrons. The average molecular weight is 778 g/mol. The highest BCUT2D eigenvalue weighted by molar-refractivity contribution is 6.00. The van der Waals surface area contributed by atoms with Gasteiger partial charge in [0.1, 0.15) is 12.2 Å². The molecule has 3 heterocycles. The smallest absolute Gasteiger partial charge is 0.421 e. The Kier molecular flexibility index (Phi) is 14.6. The molecule has 0 amide bonds. The molecule has 11 atom stereocenters. The second-order valence-corrected chi connectivity index (χ2v) is 15.2. The summed E-state index contributed by atoms with van der Waals surface area (Å²) in [4.78, 5) is 75.1. The Morgan fingerprint density at radius 2 is 1.79 bits per heavy atom. The molecule has 1 unspecified atom stereocenters. The normalized spacial score (nSPS) is 34.4. The summed E-state index contributed by atoms with van der Waals surface area (Å²) in [7, 11) is 5.17. The number of carbonyl (C=O) groups is 5. The molecule has 0 bridgehead atoms. The van der Waals surface area contributed by atoms with Crippen LogP contribution in [0.3, 0.4) is 0 Å². The van der Waals surface area contributed by atoms with Crippen LogP contribution in [0, 0.1) is 30.1 Å². The van der Waals surface area contributed by atoms with Crippen molar-refractivity contribution in [2.24, 2.45) is 17.8 Å². The third kappa shape index (κ3) is 9.64. The molecule has 1 saturated heterocycles. The summed E-state index contributed by atoms with van der Waals surface area (Å²) in [5, 5.41) is 0. The van der Waals surface area contributed by atoms with Gasteiger partial charge in [-0.1, -0.05) is 44.9 Å². The van der Waals surface area contributed by atoms with Crippen LogP contribution in [0.1, 0.15) is 78.1 Å². The molecule has 0 N–H and O–H groups in total. The molecule has 2 aromatic rings. The lowest BCUT2D eigenvalue weighted by Gasteiger charge is -2.47. The number of hydrogen-bond acceptors (Lipinski definition) is 13. The highest BCUT2D eigenvalue weighted by Crippen LogP contribution is 2.38. The molecule has 0 radical (unpaired) electrons. The fraction of sp³-hybridized carbons (Fsp3) is 0.571.